The van der Waals surface area contributed by atoms with E-state index in [0.717, 1.165) is 41.2 Å². The van der Waals surface area contributed by atoms with Crippen molar-refractivity contribution < 1.29 is 0 Å². The molecule has 2 rings (SSSR count). The third-order valence-corrected chi connectivity index (χ3v) is 4.90. The largest absolute Gasteiger partial charge is 0.329 e. The van der Waals surface area contributed by atoms with Crippen LogP contribution in [0, 0.1) is 0 Å². The van der Waals surface area contributed by atoms with Gasteiger partial charge < -0.3 is 5.73 Å². The van der Waals surface area contributed by atoms with E-state index in [1.165, 1.54) is 0 Å². The van der Waals surface area contributed by atoms with Gasteiger partial charge in [-0.25, -0.2) is 0 Å². The van der Waals surface area contributed by atoms with Gasteiger partial charge in [-0.1, -0.05) is 27.5 Å². The van der Waals surface area contributed by atoms with Crippen LogP contribution in [-0.4, -0.2) is 48.6 Å². The van der Waals surface area contributed by atoms with E-state index in [1.807, 2.05) is 12.1 Å². The molecule has 1 atom stereocenters. The SMILES string of the molecule is CC(C)N1CCN(C(CN)c2cc(Br)ccc2Cl)CC1. The number of halogens is 2. The van der Waals surface area contributed by atoms with Crippen LogP contribution in [0.2, 0.25) is 5.02 Å². The lowest BCUT2D eigenvalue weighted by molar-refractivity contribution is 0.0802. The molecule has 3 nitrogen and oxygen atoms in total. The highest BCUT2D eigenvalue weighted by molar-refractivity contribution is 9.10. The fourth-order valence-electron chi connectivity index (χ4n) is 2.81. The maximum absolute atomic E-state index is 6.35. The lowest BCUT2D eigenvalue weighted by Crippen LogP contribution is -2.50. The summed E-state index contributed by atoms with van der Waals surface area (Å²) in [7, 11) is 0. The van der Waals surface area contributed by atoms with Crippen LogP contribution in [-0.2, 0) is 0 Å². The van der Waals surface area contributed by atoms with Crippen molar-refractivity contribution in [2.45, 2.75) is 25.9 Å². The Bertz CT molecular complexity index is 445. The molecule has 5 heteroatoms. The van der Waals surface area contributed by atoms with E-state index in [0.29, 0.717) is 12.6 Å². The smallest absolute Gasteiger partial charge is 0.0486 e. The summed E-state index contributed by atoms with van der Waals surface area (Å²) in [5.74, 6) is 0. The Labute approximate surface area is 135 Å². The van der Waals surface area contributed by atoms with Gasteiger partial charge in [0.25, 0.3) is 0 Å². The Hall–Kier alpha value is -0.130. The number of piperazine rings is 1. The Morgan fingerprint density at radius 2 is 1.80 bits per heavy atom. The van der Waals surface area contributed by atoms with Crippen molar-refractivity contribution in [1.29, 1.82) is 0 Å². The Morgan fingerprint density at radius 3 is 2.35 bits per heavy atom. The number of nitrogens with two attached hydrogens (primary N) is 1. The van der Waals surface area contributed by atoms with E-state index in [2.05, 4.69) is 45.6 Å². The van der Waals surface area contributed by atoms with Crippen molar-refractivity contribution in [3.63, 3.8) is 0 Å². The first-order chi connectivity index (χ1) is 9.52. The normalized spacial score (nSPS) is 19.5. The first-order valence-electron chi connectivity index (χ1n) is 7.16. The molecule has 1 fully saturated rings. The van der Waals surface area contributed by atoms with Gasteiger partial charge in [0, 0.05) is 54.3 Å². The summed E-state index contributed by atoms with van der Waals surface area (Å²) in [6.45, 7) is 9.38. The Morgan fingerprint density at radius 1 is 1.20 bits per heavy atom. The van der Waals surface area contributed by atoms with E-state index in [-0.39, 0.29) is 6.04 Å². The van der Waals surface area contributed by atoms with Gasteiger partial charge in [0.1, 0.15) is 0 Å². The van der Waals surface area contributed by atoms with Gasteiger partial charge >= 0.3 is 0 Å². The molecule has 1 unspecified atom stereocenters. The average Bonchev–Trinajstić information content (AvgIpc) is 2.44. The number of benzene rings is 1. The molecule has 0 aliphatic carbocycles. The summed E-state index contributed by atoms with van der Waals surface area (Å²) in [5.41, 5.74) is 7.15. The minimum absolute atomic E-state index is 0.203. The van der Waals surface area contributed by atoms with Crippen LogP contribution in [0.3, 0.4) is 0 Å². The molecular weight excluding hydrogens is 338 g/mol. The van der Waals surface area contributed by atoms with E-state index < -0.39 is 0 Å². The van der Waals surface area contributed by atoms with Gasteiger partial charge in [0.15, 0.2) is 0 Å². The summed E-state index contributed by atoms with van der Waals surface area (Å²) < 4.78 is 1.05. The molecule has 1 aliphatic heterocycles. The summed E-state index contributed by atoms with van der Waals surface area (Å²) >= 11 is 9.87. The van der Waals surface area contributed by atoms with Gasteiger partial charge in [0.05, 0.1) is 0 Å². The molecule has 0 amide bonds. The van der Waals surface area contributed by atoms with Gasteiger partial charge in [-0.3, -0.25) is 9.80 Å². The standard InChI is InChI=1S/C15H23BrClN3/c1-11(2)19-5-7-20(8-6-19)15(10-18)13-9-12(16)3-4-14(13)17/h3-4,9,11,15H,5-8,10,18H2,1-2H3. The summed E-state index contributed by atoms with van der Waals surface area (Å²) in [4.78, 5) is 4.96. The van der Waals surface area contributed by atoms with Crippen LogP contribution in [0.25, 0.3) is 0 Å². The molecule has 1 aromatic rings. The Balaban J connectivity index is 2.11. The molecule has 0 bridgehead atoms. The van der Waals surface area contributed by atoms with E-state index in [9.17, 15) is 0 Å². The molecule has 0 aromatic heterocycles. The van der Waals surface area contributed by atoms with Crippen LogP contribution >= 0.6 is 27.5 Å². The van der Waals surface area contributed by atoms with E-state index in [1.54, 1.807) is 0 Å². The molecule has 112 valence electrons. The molecule has 1 aliphatic rings. The van der Waals surface area contributed by atoms with Crippen LogP contribution in [0.5, 0.6) is 0 Å². The molecule has 20 heavy (non-hydrogen) atoms. The van der Waals surface area contributed by atoms with Crippen LogP contribution in [0.4, 0.5) is 0 Å². The number of nitrogens with zero attached hydrogens (tertiary/aromatic N) is 2. The predicted octanol–water partition coefficient (Wildman–Crippen LogP) is 3.13. The third-order valence-electron chi connectivity index (χ3n) is 4.06. The molecule has 1 aromatic carbocycles. The first-order valence-corrected chi connectivity index (χ1v) is 8.33. The molecule has 1 saturated heterocycles. The van der Waals surface area contributed by atoms with Crippen LogP contribution in [0.1, 0.15) is 25.5 Å². The minimum atomic E-state index is 0.203. The monoisotopic (exact) mass is 359 g/mol. The topological polar surface area (TPSA) is 32.5 Å². The number of rotatable bonds is 4. The van der Waals surface area contributed by atoms with Crippen LogP contribution < -0.4 is 5.73 Å². The minimum Gasteiger partial charge on any atom is -0.329 e. The molecule has 2 N–H and O–H groups in total. The lowest BCUT2D eigenvalue weighted by atomic mass is 10.0. The zero-order chi connectivity index (χ0) is 14.7. The second-order valence-electron chi connectivity index (χ2n) is 5.58. The Kier molecular flexibility index (Phi) is 5.87. The maximum Gasteiger partial charge on any atom is 0.0486 e. The van der Waals surface area contributed by atoms with Gasteiger partial charge in [-0.15, -0.1) is 0 Å². The average molecular weight is 361 g/mol. The van der Waals surface area contributed by atoms with Crippen molar-refractivity contribution in [1.82, 2.24) is 9.80 Å². The summed E-state index contributed by atoms with van der Waals surface area (Å²) in [6, 6.07) is 6.82. The van der Waals surface area contributed by atoms with E-state index in [4.69, 9.17) is 17.3 Å². The highest BCUT2D eigenvalue weighted by Crippen LogP contribution is 2.30. The van der Waals surface area contributed by atoms with Crippen LogP contribution in [0.15, 0.2) is 22.7 Å². The summed E-state index contributed by atoms with van der Waals surface area (Å²) in [6.07, 6.45) is 0. The fourth-order valence-corrected chi connectivity index (χ4v) is 3.43. The number of hydrogen-bond donors (Lipinski definition) is 1. The lowest BCUT2D eigenvalue weighted by Gasteiger charge is -2.40. The zero-order valence-corrected chi connectivity index (χ0v) is 14.5. The van der Waals surface area contributed by atoms with Crippen molar-refractivity contribution in [3.05, 3.63) is 33.3 Å². The van der Waals surface area contributed by atoms with Gasteiger partial charge in [-0.2, -0.15) is 0 Å². The first kappa shape index (κ1) is 16.2. The summed E-state index contributed by atoms with van der Waals surface area (Å²) in [5, 5.41) is 0.801. The van der Waals surface area contributed by atoms with Gasteiger partial charge in [0.2, 0.25) is 0 Å². The fraction of sp³-hybridized carbons (Fsp3) is 0.600. The molecule has 0 spiro atoms. The third kappa shape index (κ3) is 3.74. The van der Waals surface area contributed by atoms with Crippen molar-refractivity contribution in [2.75, 3.05) is 32.7 Å². The van der Waals surface area contributed by atoms with Crippen molar-refractivity contribution >= 4 is 27.5 Å². The quantitative estimate of drug-likeness (QED) is 0.895. The van der Waals surface area contributed by atoms with Crippen molar-refractivity contribution in [3.8, 4) is 0 Å². The zero-order valence-electron chi connectivity index (χ0n) is 12.1. The van der Waals surface area contributed by atoms with Gasteiger partial charge in [-0.05, 0) is 37.6 Å². The molecular formula is C15H23BrClN3. The van der Waals surface area contributed by atoms with E-state index >= 15 is 0 Å². The van der Waals surface area contributed by atoms with Crippen molar-refractivity contribution in [2.24, 2.45) is 5.73 Å². The molecule has 0 radical (unpaired) electrons. The second-order valence-corrected chi connectivity index (χ2v) is 6.91. The molecule has 1 heterocycles. The maximum atomic E-state index is 6.35. The molecule has 0 saturated carbocycles. The highest BCUT2D eigenvalue weighted by Gasteiger charge is 2.26. The highest BCUT2D eigenvalue weighted by atomic mass is 79.9. The second kappa shape index (κ2) is 7.23. The predicted molar refractivity (Wildman–Crippen MR) is 89.2 cm³/mol. The number of hydrogen-bond acceptors (Lipinski definition) is 3.